The number of pyridine rings is 1. The fourth-order valence-electron chi connectivity index (χ4n) is 1.44. The van der Waals surface area contributed by atoms with Gasteiger partial charge in [-0.2, -0.15) is 13.2 Å². The number of halogens is 6. The van der Waals surface area contributed by atoms with E-state index in [4.69, 9.17) is 10.8 Å². The van der Waals surface area contributed by atoms with Crippen LogP contribution in [-0.2, 0) is 23.9 Å². The Bertz CT molecular complexity index is 541. The Morgan fingerprint density at radius 3 is 2.24 bits per heavy atom. The van der Waals surface area contributed by atoms with E-state index < -0.39 is 48.6 Å². The quantitative estimate of drug-likeness (QED) is 0.830. The lowest BCUT2D eigenvalue weighted by Crippen LogP contribution is -2.23. The minimum Gasteiger partial charge on any atom is -0.481 e. The highest BCUT2D eigenvalue weighted by molar-refractivity contribution is 5.70. The van der Waals surface area contributed by atoms with Gasteiger partial charge >= 0.3 is 18.5 Å². The number of carboxylic acids is 1. The number of hydrogen-bond acceptors (Lipinski definition) is 4. The van der Waals surface area contributed by atoms with E-state index in [9.17, 15) is 31.1 Å². The zero-order chi connectivity index (χ0) is 16.4. The second-order valence-corrected chi connectivity index (χ2v) is 3.77. The highest BCUT2D eigenvalue weighted by Crippen LogP contribution is 2.38. The van der Waals surface area contributed by atoms with Crippen molar-refractivity contribution in [3.8, 4) is 5.88 Å². The van der Waals surface area contributed by atoms with Crippen molar-refractivity contribution in [3.05, 3.63) is 22.9 Å². The Labute approximate surface area is 113 Å². The van der Waals surface area contributed by atoms with Gasteiger partial charge in [0.1, 0.15) is 5.56 Å². The Balaban J connectivity index is 3.45. The summed E-state index contributed by atoms with van der Waals surface area (Å²) in [7, 11) is 0. The van der Waals surface area contributed by atoms with Gasteiger partial charge in [0.15, 0.2) is 0 Å². The summed E-state index contributed by atoms with van der Waals surface area (Å²) in [5.74, 6) is -3.25. The second kappa shape index (κ2) is 5.76. The van der Waals surface area contributed by atoms with Crippen LogP contribution in [-0.4, -0.2) is 22.4 Å². The number of aromatic nitrogens is 1. The van der Waals surface area contributed by atoms with E-state index in [1.165, 1.54) is 0 Å². The van der Waals surface area contributed by atoms with E-state index in [0.717, 1.165) is 0 Å². The van der Waals surface area contributed by atoms with Crippen LogP contribution in [0.1, 0.15) is 16.8 Å². The summed E-state index contributed by atoms with van der Waals surface area (Å²) in [6.45, 7) is -0.523. The first kappa shape index (κ1) is 17.0. The minimum atomic E-state index is -5.41. The van der Waals surface area contributed by atoms with Gasteiger partial charge in [0.25, 0.3) is 0 Å². The van der Waals surface area contributed by atoms with Gasteiger partial charge in [-0.1, -0.05) is 0 Å². The first-order valence-electron chi connectivity index (χ1n) is 5.21. The number of hydrogen-bond donors (Lipinski definition) is 2. The summed E-state index contributed by atoms with van der Waals surface area (Å²) in [5, 5.41) is 8.57. The molecule has 1 heterocycles. The van der Waals surface area contributed by atoms with Crippen LogP contribution in [0, 0.1) is 0 Å². The third-order valence-corrected chi connectivity index (χ3v) is 2.21. The van der Waals surface area contributed by atoms with Gasteiger partial charge < -0.3 is 15.6 Å². The van der Waals surface area contributed by atoms with Crippen LogP contribution in [0.3, 0.4) is 0 Å². The monoisotopic (exact) mass is 318 g/mol. The van der Waals surface area contributed by atoms with Crippen molar-refractivity contribution in [3.63, 3.8) is 0 Å². The molecule has 0 atom stereocenters. The fraction of sp³-hybridized carbons (Fsp3) is 0.400. The molecule has 0 saturated carbocycles. The average Bonchev–Trinajstić information content (AvgIpc) is 2.24. The van der Waals surface area contributed by atoms with Crippen LogP contribution in [0.5, 0.6) is 5.88 Å². The lowest BCUT2D eigenvalue weighted by atomic mass is 10.1. The molecular weight excluding hydrogens is 310 g/mol. The smallest absolute Gasteiger partial charge is 0.481 e. The Kier molecular flexibility index (Phi) is 4.66. The normalized spacial score (nSPS) is 12.3. The molecule has 0 amide bonds. The summed E-state index contributed by atoms with van der Waals surface area (Å²) in [5.41, 5.74) is 2.51. The van der Waals surface area contributed by atoms with Crippen molar-refractivity contribution in [1.29, 1.82) is 0 Å². The van der Waals surface area contributed by atoms with Crippen LogP contribution >= 0.6 is 0 Å². The number of carbonyl (C=O) groups is 1. The van der Waals surface area contributed by atoms with E-state index in [2.05, 4.69) is 9.72 Å². The van der Waals surface area contributed by atoms with E-state index in [-0.39, 0.29) is 5.56 Å². The zero-order valence-electron chi connectivity index (χ0n) is 10.0. The van der Waals surface area contributed by atoms with Crippen LogP contribution in [0.2, 0.25) is 0 Å². The predicted octanol–water partition coefficient (Wildman–Crippen LogP) is 2.08. The molecule has 5 nitrogen and oxygen atoms in total. The minimum absolute atomic E-state index is 0.298. The van der Waals surface area contributed by atoms with Gasteiger partial charge in [-0.15, -0.1) is 13.2 Å². The van der Waals surface area contributed by atoms with Crippen LogP contribution in [0.25, 0.3) is 0 Å². The fourth-order valence-corrected chi connectivity index (χ4v) is 1.44. The van der Waals surface area contributed by atoms with Crippen LogP contribution < -0.4 is 10.5 Å². The molecule has 0 radical (unpaired) electrons. The van der Waals surface area contributed by atoms with E-state index in [0.29, 0.717) is 6.07 Å². The molecule has 21 heavy (non-hydrogen) atoms. The molecule has 0 aliphatic rings. The van der Waals surface area contributed by atoms with Crippen LogP contribution in [0.4, 0.5) is 26.3 Å². The molecule has 1 aromatic rings. The molecule has 11 heteroatoms. The van der Waals surface area contributed by atoms with E-state index >= 15 is 0 Å². The van der Waals surface area contributed by atoms with Gasteiger partial charge in [-0.3, -0.25) is 4.79 Å². The van der Waals surface area contributed by atoms with Crippen molar-refractivity contribution in [2.24, 2.45) is 5.73 Å². The highest BCUT2D eigenvalue weighted by Gasteiger charge is 2.41. The maximum absolute atomic E-state index is 12.7. The molecule has 0 bridgehead atoms. The first-order chi connectivity index (χ1) is 9.44. The van der Waals surface area contributed by atoms with Gasteiger partial charge in [-0.25, -0.2) is 4.98 Å². The van der Waals surface area contributed by atoms with Gasteiger partial charge in [0, 0.05) is 6.54 Å². The highest BCUT2D eigenvalue weighted by atomic mass is 19.4. The van der Waals surface area contributed by atoms with Gasteiger partial charge in [-0.05, 0) is 11.6 Å². The molecule has 0 fully saturated rings. The van der Waals surface area contributed by atoms with Crippen molar-refractivity contribution < 1.29 is 41.0 Å². The number of nitrogens with zero attached hydrogens (tertiary/aromatic N) is 1. The number of rotatable bonds is 4. The summed E-state index contributed by atoms with van der Waals surface area (Å²) >= 11 is 0. The third-order valence-electron chi connectivity index (χ3n) is 2.21. The molecule has 118 valence electrons. The molecule has 0 saturated heterocycles. The number of nitrogens with two attached hydrogens (primary N) is 1. The lowest BCUT2D eigenvalue weighted by molar-refractivity contribution is -0.277. The maximum atomic E-state index is 12.7. The summed E-state index contributed by atoms with van der Waals surface area (Å²) in [4.78, 5) is 13.6. The number of ether oxygens (including phenoxy) is 1. The molecular formula is C10H8F6N2O3. The molecule has 1 rings (SSSR count). The average molecular weight is 318 g/mol. The SMILES string of the molecule is NCc1cc(C(F)(F)F)c(OC(F)(F)F)nc1CC(=O)O. The van der Waals surface area contributed by atoms with Crippen LogP contribution in [0.15, 0.2) is 6.07 Å². The summed E-state index contributed by atoms with van der Waals surface area (Å²) in [6.07, 6.45) is -11.5. The number of aliphatic carboxylic acids is 1. The van der Waals surface area contributed by atoms with Crippen molar-refractivity contribution >= 4 is 5.97 Å². The second-order valence-electron chi connectivity index (χ2n) is 3.77. The molecule has 0 aliphatic carbocycles. The van der Waals surface area contributed by atoms with Gasteiger partial charge in [0.2, 0.25) is 5.88 Å². The molecule has 1 aromatic heterocycles. The largest absolute Gasteiger partial charge is 0.574 e. The zero-order valence-corrected chi connectivity index (χ0v) is 10.0. The maximum Gasteiger partial charge on any atom is 0.574 e. The van der Waals surface area contributed by atoms with Crippen molar-refractivity contribution in [2.75, 3.05) is 0 Å². The van der Waals surface area contributed by atoms with Crippen molar-refractivity contribution in [1.82, 2.24) is 4.98 Å². The molecule has 0 unspecified atom stereocenters. The summed E-state index contributed by atoms with van der Waals surface area (Å²) < 4.78 is 77.6. The van der Waals surface area contributed by atoms with E-state index in [1.54, 1.807) is 0 Å². The lowest BCUT2D eigenvalue weighted by Gasteiger charge is -2.17. The van der Waals surface area contributed by atoms with Gasteiger partial charge in [0.05, 0.1) is 12.1 Å². The topological polar surface area (TPSA) is 85.4 Å². The Hall–Kier alpha value is -2.04. The predicted molar refractivity (Wildman–Crippen MR) is 55.2 cm³/mol. The Morgan fingerprint density at radius 2 is 1.86 bits per heavy atom. The number of carboxylic acid groups (broad SMARTS) is 1. The van der Waals surface area contributed by atoms with E-state index in [1.807, 2.05) is 0 Å². The first-order valence-corrected chi connectivity index (χ1v) is 5.21. The third kappa shape index (κ3) is 4.77. The molecule has 0 aromatic carbocycles. The molecule has 0 aliphatic heterocycles. The standard InChI is InChI=1S/C10H8F6N2O3/c11-9(12,13)5-1-4(3-17)6(2-7(19)20)18-8(5)21-10(14,15)16/h1H,2-3,17H2,(H,19,20). The molecule has 0 spiro atoms. The summed E-state index contributed by atoms with van der Waals surface area (Å²) in [6, 6.07) is 0.298. The Morgan fingerprint density at radius 1 is 1.29 bits per heavy atom. The molecule has 3 N–H and O–H groups in total. The van der Waals surface area contributed by atoms with Crippen molar-refractivity contribution in [2.45, 2.75) is 25.5 Å². The number of alkyl halides is 6.